The van der Waals surface area contributed by atoms with Gasteiger partial charge in [-0.15, -0.1) is 0 Å². The highest BCUT2D eigenvalue weighted by molar-refractivity contribution is 5.93. The van der Waals surface area contributed by atoms with E-state index in [2.05, 4.69) is 9.98 Å². The van der Waals surface area contributed by atoms with Crippen molar-refractivity contribution in [1.82, 2.24) is 4.98 Å². The van der Waals surface area contributed by atoms with Gasteiger partial charge in [0.1, 0.15) is 5.69 Å². The Bertz CT molecular complexity index is 415. The maximum absolute atomic E-state index is 10.7. The van der Waals surface area contributed by atoms with Crippen molar-refractivity contribution in [2.24, 2.45) is 4.99 Å². The third kappa shape index (κ3) is 2.22. The van der Waals surface area contributed by atoms with Crippen LogP contribution in [0.2, 0.25) is 0 Å². The van der Waals surface area contributed by atoms with E-state index in [1.54, 1.807) is 7.05 Å². The van der Waals surface area contributed by atoms with Crippen molar-refractivity contribution in [1.29, 1.82) is 0 Å². The van der Waals surface area contributed by atoms with Crippen LogP contribution in [0.4, 0.5) is 5.69 Å². The van der Waals surface area contributed by atoms with Crippen LogP contribution in [0.5, 0.6) is 5.88 Å². The molecule has 0 amide bonds. The van der Waals surface area contributed by atoms with Crippen molar-refractivity contribution >= 4 is 17.9 Å². The number of carboxylic acid groups (broad SMARTS) is 1. The predicted octanol–water partition coefficient (Wildman–Crippen LogP) is 0.419. The van der Waals surface area contributed by atoms with E-state index in [0.717, 1.165) is 0 Å². The van der Waals surface area contributed by atoms with Gasteiger partial charge in [0.25, 0.3) is 0 Å². The lowest BCUT2D eigenvalue weighted by Gasteiger charge is -2.07. The molecule has 0 saturated carbocycles. The molecule has 0 aromatic carbocycles. The largest absolute Gasteiger partial charge is 0.479 e. The van der Waals surface area contributed by atoms with Crippen molar-refractivity contribution in [3.63, 3.8) is 0 Å². The molecule has 1 rings (SSSR count). The molecule has 0 fully saturated rings. The van der Waals surface area contributed by atoms with Gasteiger partial charge in [-0.05, 0) is 6.07 Å². The van der Waals surface area contributed by atoms with E-state index in [1.807, 2.05) is 0 Å². The van der Waals surface area contributed by atoms with Crippen LogP contribution >= 0.6 is 0 Å². The fourth-order valence-corrected chi connectivity index (χ4v) is 1.06. The van der Waals surface area contributed by atoms with Gasteiger partial charge in [0.15, 0.2) is 5.69 Å². The first-order valence-electron chi connectivity index (χ1n) is 4.10. The molecule has 3 N–H and O–H groups in total. The van der Waals surface area contributed by atoms with Crippen molar-refractivity contribution in [2.75, 3.05) is 19.9 Å². The first-order valence-corrected chi connectivity index (χ1v) is 4.10. The number of aromatic nitrogens is 1. The molecule has 1 heterocycles. The number of nitrogen functional groups attached to an aromatic ring is 1. The predicted molar refractivity (Wildman–Crippen MR) is 55.7 cm³/mol. The number of aromatic carboxylic acids is 1. The second kappa shape index (κ2) is 4.41. The van der Waals surface area contributed by atoms with Gasteiger partial charge >= 0.3 is 5.97 Å². The molecule has 0 aliphatic heterocycles. The Balaban J connectivity index is 3.37. The number of rotatable bonds is 3. The number of carbonyl (C=O) groups is 1. The average molecular weight is 209 g/mol. The summed E-state index contributed by atoms with van der Waals surface area (Å²) in [4.78, 5) is 18.2. The number of hydrogen-bond donors (Lipinski definition) is 2. The Morgan fingerprint density at radius 1 is 1.73 bits per heavy atom. The number of ether oxygens (including phenoxy) is 1. The van der Waals surface area contributed by atoms with Crippen molar-refractivity contribution in [3.8, 4) is 5.88 Å². The van der Waals surface area contributed by atoms with Crippen LogP contribution < -0.4 is 10.5 Å². The summed E-state index contributed by atoms with van der Waals surface area (Å²) in [6, 6.07) is 1.34. The van der Waals surface area contributed by atoms with E-state index in [4.69, 9.17) is 15.6 Å². The number of aliphatic imine (C=N–C) groups is 1. The monoisotopic (exact) mass is 209 g/mol. The molecule has 0 aliphatic rings. The zero-order chi connectivity index (χ0) is 11.4. The van der Waals surface area contributed by atoms with Gasteiger partial charge in [-0.2, -0.15) is 0 Å². The summed E-state index contributed by atoms with van der Waals surface area (Å²) < 4.78 is 4.86. The Labute approximate surface area is 86.4 Å². The van der Waals surface area contributed by atoms with Crippen LogP contribution in [0.3, 0.4) is 0 Å². The zero-order valence-electron chi connectivity index (χ0n) is 8.39. The van der Waals surface area contributed by atoms with E-state index >= 15 is 0 Å². The molecule has 0 unspecified atom stereocenters. The summed E-state index contributed by atoms with van der Waals surface area (Å²) >= 11 is 0. The molecule has 1 aromatic heterocycles. The van der Waals surface area contributed by atoms with Crippen LogP contribution in [-0.2, 0) is 0 Å². The Kier molecular flexibility index (Phi) is 3.22. The minimum absolute atomic E-state index is 0.0878. The topological polar surface area (TPSA) is 97.8 Å². The minimum atomic E-state index is -1.14. The minimum Gasteiger partial charge on any atom is -0.479 e. The number of methoxy groups -OCH3 is 1. The standard InChI is InChI=1S/C9H11N3O3/c1-11-4-5-3-6(9(13)14)12-8(15-2)7(5)10/h3-4H,10H2,1-2H3,(H,13,14). The van der Waals surface area contributed by atoms with Gasteiger partial charge in [0.05, 0.1) is 7.11 Å². The summed E-state index contributed by atoms with van der Waals surface area (Å²) in [6.07, 6.45) is 1.45. The number of anilines is 1. The average Bonchev–Trinajstić information content (AvgIpc) is 2.21. The third-order valence-electron chi connectivity index (χ3n) is 1.74. The number of hydrogen-bond acceptors (Lipinski definition) is 5. The second-order valence-electron chi connectivity index (χ2n) is 2.71. The maximum Gasteiger partial charge on any atom is 0.354 e. The highest BCUT2D eigenvalue weighted by Gasteiger charge is 2.13. The van der Waals surface area contributed by atoms with E-state index in [1.165, 1.54) is 19.4 Å². The summed E-state index contributed by atoms with van der Waals surface area (Å²) in [7, 11) is 2.93. The normalized spacial score (nSPS) is 10.5. The van der Waals surface area contributed by atoms with E-state index < -0.39 is 5.97 Å². The summed E-state index contributed by atoms with van der Waals surface area (Å²) in [6.45, 7) is 0. The third-order valence-corrected chi connectivity index (χ3v) is 1.74. The molecular formula is C9H11N3O3. The van der Waals surface area contributed by atoms with Gasteiger partial charge in [-0.3, -0.25) is 4.99 Å². The smallest absolute Gasteiger partial charge is 0.354 e. The molecule has 0 aliphatic carbocycles. The lowest BCUT2D eigenvalue weighted by Crippen LogP contribution is -2.07. The van der Waals surface area contributed by atoms with Crippen LogP contribution in [0.25, 0.3) is 0 Å². The molecule has 6 heteroatoms. The fourth-order valence-electron chi connectivity index (χ4n) is 1.06. The molecule has 80 valence electrons. The molecule has 0 saturated heterocycles. The van der Waals surface area contributed by atoms with Crippen LogP contribution in [0.15, 0.2) is 11.1 Å². The molecule has 1 aromatic rings. The van der Waals surface area contributed by atoms with Crippen molar-refractivity contribution < 1.29 is 14.6 Å². The maximum atomic E-state index is 10.7. The fraction of sp³-hybridized carbons (Fsp3) is 0.222. The van der Waals surface area contributed by atoms with E-state index in [0.29, 0.717) is 5.56 Å². The number of nitrogens with zero attached hydrogens (tertiary/aromatic N) is 2. The van der Waals surface area contributed by atoms with Crippen molar-refractivity contribution in [2.45, 2.75) is 0 Å². The van der Waals surface area contributed by atoms with Gasteiger partial charge in [-0.25, -0.2) is 9.78 Å². The van der Waals surface area contributed by atoms with Gasteiger partial charge in [-0.1, -0.05) is 0 Å². The first kappa shape index (κ1) is 11.0. The summed E-state index contributed by atoms with van der Waals surface area (Å²) in [5.41, 5.74) is 6.29. The Hall–Kier alpha value is -2.11. The molecule has 0 spiro atoms. The SMILES string of the molecule is CN=Cc1cc(C(=O)O)nc(OC)c1N. The molecule has 15 heavy (non-hydrogen) atoms. The quantitative estimate of drug-likeness (QED) is 0.703. The highest BCUT2D eigenvalue weighted by atomic mass is 16.5. The highest BCUT2D eigenvalue weighted by Crippen LogP contribution is 2.22. The van der Waals surface area contributed by atoms with Gasteiger partial charge in [0, 0.05) is 18.8 Å². The van der Waals surface area contributed by atoms with Crippen LogP contribution in [0, 0.1) is 0 Å². The molecule has 6 nitrogen and oxygen atoms in total. The van der Waals surface area contributed by atoms with Crippen LogP contribution in [-0.4, -0.2) is 36.4 Å². The lowest BCUT2D eigenvalue weighted by atomic mass is 10.2. The molecule has 0 radical (unpaired) electrons. The van der Waals surface area contributed by atoms with E-state index in [-0.39, 0.29) is 17.3 Å². The lowest BCUT2D eigenvalue weighted by molar-refractivity contribution is 0.0689. The molecular weight excluding hydrogens is 198 g/mol. The Morgan fingerprint density at radius 3 is 2.87 bits per heavy atom. The summed E-state index contributed by atoms with van der Waals surface area (Å²) in [5, 5.41) is 8.78. The summed E-state index contributed by atoms with van der Waals surface area (Å²) in [5.74, 6) is -1.05. The molecule has 0 bridgehead atoms. The number of nitrogens with two attached hydrogens (primary N) is 1. The van der Waals surface area contributed by atoms with Gasteiger partial charge in [0.2, 0.25) is 5.88 Å². The molecule has 0 atom stereocenters. The second-order valence-corrected chi connectivity index (χ2v) is 2.71. The van der Waals surface area contributed by atoms with Crippen molar-refractivity contribution in [3.05, 3.63) is 17.3 Å². The zero-order valence-corrected chi connectivity index (χ0v) is 8.39. The Morgan fingerprint density at radius 2 is 2.40 bits per heavy atom. The van der Waals surface area contributed by atoms with Gasteiger partial charge < -0.3 is 15.6 Å². The van der Waals surface area contributed by atoms with Crippen LogP contribution in [0.1, 0.15) is 16.1 Å². The van der Waals surface area contributed by atoms with E-state index in [9.17, 15) is 4.79 Å². The number of pyridine rings is 1. The first-order chi connectivity index (χ1) is 7.10. The number of carboxylic acids is 1.